The monoisotopic (exact) mass is 517 g/mol. The van der Waals surface area contributed by atoms with Crippen molar-refractivity contribution < 1.29 is 19.1 Å². The zero-order valence-electron chi connectivity index (χ0n) is 16.8. The third kappa shape index (κ3) is 5.25. The summed E-state index contributed by atoms with van der Waals surface area (Å²) < 4.78 is 5.51. The summed E-state index contributed by atoms with van der Waals surface area (Å²) in [5, 5.41) is 0.653. The SMILES string of the molecule is O=C(Oc1ccc(Cl)cc1/C=C1\SC(=O)N(Cc2ccccc2Cl)C1=O)c1ccccc1Cl. The van der Waals surface area contributed by atoms with E-state index in [1.165, 1.54) is 12.1 Å². The van der Waals surface area contributed by atoms with Crippen molar-refractivity contribution in [3.05, 3.63) is 103 Å². The van der Waals surface area contributed by atoms with E-state index in [1.54, 1.807) is 60.7 Å². The van der Waals surface area contributed by atoms with Gasteiger partial charge in [0.2, 0.25) is 0 Å². The number of rotatable bonds is 5. The summed E-state index contributed by atoms with van der Waals surface area (Å²) in [5.74, 6) is -0.972. The molecule has 5 nitrogen and oxygen atoms in total. The van der Waals surface area contributed by atoms with E-state index in [0.717, 1.165) is 16.7 Å². The molecular formula is C24H14Cl3NO4S. The van der Waals surface area contributed by atoms with Gasteiger partial charge < -0.3 is 4.74 Å². The molecule has 0 unspecified atom stereocenters. The number of ether oxygens (including phenoxy) is 1. The van der Waals surface area contributed by atoms with Crippen molar-refractivity contribution in [3.63, 3.8) is 0 Å². The standard InChI is InChI=1S/C24H14Cl3NO4S/c25-16-9-10-20(32-23(30)17-6-2-4-8-19(17)27)15(11-16)12-21-22(29)28(24(31)33-21)13-14-5-1-3-7-18(14)26/h1-12H,13H2/b21-12-. The summed E-state index contributed by atoms with van der Waals surface area (Å²) in [6.45, 7) is 0.0472. The largest absolute Gasteiger partial charge is 0.422 e. The molecule has 1 heterocycles. The Labute approximate surface area is 208 Å². The van der Waals surface area contributed by atoms with Crippen LogP contribution in [0.25, 0.3) is 6.08 Å². The molecule has 0 atom stereocenters. The first-order valence-corrected chi connectivity index (χ1v) is 11.5. The van der Waals surface area contributed by atoms with Gasteiger partial charge in [-0.1, -0.05) is 65.1 Å². The quantitative estimate of drug-likeness (QED) is 0.205. The number of carbonyl (C=O) groups excluding carboxylic acids is 3. The minimum absolute atomic E-state index is 0.0472. The van der Waals surface area contributed by atoms with Crippen molar-refractivity contribution >= 4 is 69.8 Å². The average Bonchev–Trinajstić information content (AvgIpc) is 3.04. The summed E-state index contributed by atoms with van der Waals surface area (Å²) in [6, 6.07) is 18.1. The van der Waals surface area contributed by atoms with Gasteiger partial charge in [-0.05, 0) is 59.8 Å². The number of nitrogens with zero attached hydrogens (tertiary/aromatic N) is 1. The van der Waals surface area contributed by atoms with E-state index < -0.39 is 17.1 Å². The number of benzene rings is 3. The van der Waals surface area contributed by atoms with Gasteiger partial charge >= 0.3 is 5.97 Å². The van der Waals surface area contributed by atoms with Gasteiger partial charge in [-0.3, -0.25) is 14.5 Å². The predicted octanol–water partition coefficient (Wildman–Crippen LogP) is 7.10. The number of carbonyl (C=O) groups is 3. The summed E-state index contributed by atoms with van der Waals surface area (Å²) in [7, 11) is 0. The second kappa shape index (κ2) is 10.0. The van der Waals surface area contributed by atoms with Gasteiger partial charge in [0.25, 0.3) is 11.1 Å². The molecule has 1 aliphatic rings. The third-order valence-corrected chi connectivity index (χ3v) is 6.56. The molecule has 1 fully saturated rings. The van der Waals surface area contributed by atoms with E-state index in [2.05, 4.69) is 0 Å². The van der Waals surface area contributed by atoms with Gasteiger partial charge in [-0.25, -0.2) is 4.79 Å². The number of hydrogen-bond donors (Lipinski definition) is 0. The smallest absolute Gasteiger partial charge is 0.345 e. The van der Waals surface area contributed by atoms with Gasteiger partial charge in [0.1, 0.15) is 5.75 Å². The molecule has 166 valence electrons. The average molecular weight is 519 g/mol. The van der Waals surface area contributed by atoms with E-state index in [9.17, 15) is 14.4 Å². The molecule has 0 radical (unpaired) electrons. The molecule has 3 aromatic carbocycles. The Morgan fingerprint density at radius 3 is 2.36 bits per heavy atom. The van der Waals surface area contributed by atoms with E-state index in [1.807, 2.05) is 0 Å². The van der Waals surface area contributed by atoms with Crippen molar-refractivity contribution in [2.45, 2.75) is 6.54 Å². The Morgan fingerprint density at radius 2 is 1.64 bits per heavy atom. The second-order valence-corrected chi connectivity index (χ2v) is 9.15. The molecule has 0 aromatic heterocycles. The van der Waals surface area contributed by atoms with Crippen LogP contribution in [-0.2, 0) is 11.3 Å². The molecule has 9 heteroatoms. The van der Waals surface area contributed by atoms with Crippen LogP contribution >= 0.6 is 46.6 Å². The van der Waals surface area contributed by atoms with Crippen molar-refractivity contribution in [2.24, 2.45) is 0 Å². The fourth-order valence-electron chi connectivity index (χ4n) is 3.08. The second-order valence-electron chi connectivity index (χ2n) is 6.91. The lowest BCUT2D eigenvalue weighted by atomic mass is 10.1. The topological polar surface area (TPSA) is 63.7 Å². The Morgan fingerprint density at radius 1 is 0.939 bits per heavy atom. The molecule has 1 aliphatic heterocycles. The third-order valence-electron chi connectivity index (χ3n) is 4.71. The molecule has 33 heavy (non-hydrogen) atoms. The first-order chi connectivity index (χ1) is 15.8. The van der Waals surface area contributed by atoms with Crippen LogP contribution in [0.5, 0.6) is 5.75 Å². The number of thioether (sulfide) groups is 1. The molecule has 0 spiro atoms. The van der Waals surface area contributed by atoms with Gasteiger partial charge in [0, 0.05) is 15.6 Å². The highest BCUT2D eigenvalue weighted by molar-refractivity contribution is 8.18. The highest BCUT2D eigenvalue weighted by atomic mass is 35.5. The summed E-state index contributed by atoms with van der Waals surface area (Å²) >= 11 is 19.2. The van der Waals surface area contributed by atoms with Crippen LogP contribution in [-0.4, -0.2) is 22.0 Å². The molecule has 2 amide bonds. The Bertz CT molecular complexity index is 1310. The van der Waals surface area contributed by atoms with E-state index in [-0.39, 0.29) is 27.8 Å². The van der Waals surface area contributed by atoms with Crippen molar-refractivity contribution in [2.75, 3.05) is 0 Å². The lowest BCUT2D eigenvalue weighted by Crippen LogP contribution is -2.27. The van der Waals surface area contributed by atoms with E-state index in [0.29, 0.717) is 21.2 Å². The lowest BCUT2D eigenvalue weighted by Gasteiger charge is -2.13. The van der Waals surface area contributed by atoms with Crippen molar-refractivity contribution in [1.82, 2.24) is 4.90 Å². The Balaban J connectivity index is 1.61. The van der Waals surface area contributed by atoms with Crippen LogP contribution in [0.3, 0.4) is 0 Å². The molecule has 4 rings (SSSR count). The van der Waals surface area contributed by atoms with Crippen LogP contribution in [0.4, 0.5) is 4.79 Å². The molecular weight excluding hydrogens is 505 g/mol. The van der Waals surface area contributed by atoms with Crippen LogP contribution in [0.1, 0.15) is 21.5 Å². The van der Waals surface area contributed by atoms with Gasteiger partial charge in [-0.2, -0.15) is 0 Å². The fourth-order valence-corrected chi connectivity index (χ4v) is 4.50. The fraction of sp³-hybridized carbons (Fsp3) is 0.0417. The number of esters is 1. The normalized spacial score (nSPS) is 14.8. The highest BCUT2D eigenvalue weighted by Gasteiger charge is 2.35. The predicted molar refractivity (Wildman–Crippen MR) is 131 cm³/mol. The first-order valence-electron chi connectivity index (χ1n) is 9.58. The molecule has 0 aliphatic carbocycles. The Kier molecular flexibility index (Phi) is 7.10. The van der Waals surface area contributed by atoms with E-state index >= 15 is 0 Å². The summed E-state index contributed by atoms with van der Waals surface area (Å²) in [5.41, 5.74) is 1.21. The van der Waals surface area contributed by atoms with Crippen molar-refractivity contribution in [3.8, 4) is 5.75 Å². The maximum atomic E-state index is 12.9. The molecule has 0 N–H and O–H groups in total. The zero-order chi connectivity index (χ0) is 23.5. The molecule has 3 aromatic rings. The number of imide groups is 1. The molecule has 0 saturated carbocycles. The maximum absolute atomic E-state index is 12.9. The van der Waals surface area contributed by atoms with E-state index in [4.69, 9.17) is 39.5 Å². The number of amides is 2. The lowest BCUT2D eigenvalue weighted by molar-refractivity contribution is -0.123. The molecule has 1 saturated heterocycles. The highest BCUT2D eigenvalue weighted by Crippen LogP contribution is 2.36. The summed E-state index contributed by atoms with van der Waals surface area (Å²) in [6.07, 6.45) is 1.47. The number of halogens is 3. The number of hydrogen-bond acceptors (Lipinski definition) is 5. The van der Waals surface area contributed by atoms with Gasteiger partial charge in [-0.15, -0.1) is 0 Å². The summed E-state index contributed by atoms with van der Waals surface area (Å²) in [4.78, 5) is 39.3. The van der Waals surface area contributed by atoms with Crippen LogP contribution < -0.4 is 4.74 Å². The molecule has 0 bridgehead atoms. The first kappa shape index (κ1) is 23.4. The Hall–Kier alpha value is -2.77. The van der Waals surface area contributed by atoms with Crippen LogP contribution in [0, 0.1) is 0 Å². The van der Waals surface area contributed by atoms with Crippen LogP contribution in [0.2, 0.25) is 15.1 Å². The maximum Gasteiger partial charge on any atom is 0.345 e. The van der Waals surface area contributed by atoms with Gasteiger partial charge in [0.15, 0.2) is 0 Å². The zero-order valence-corrected chi connectivity index (χ0v) is 19.8. The van der Waals surface area contributed by atoms with Gasteiger partial charge in [0.05, 0.1) is 22.0 Å². The minimum atomic E-state index is -0.663. The van der Waals surface area contributed by atoms with Crippen molar-refractivity contribution in [1.29, 1.82) is 0 Å². The van der Waals surface area contributed by atoms with Crippen LogP contribution in [0.15, 0.2) is 71.6 Å². The minimum Gasteiger partial charge on any atom is -0.422 e.